The van der Waals surface area contributed by atoms with Gasteiger partial charge in [-0.1, -0.05) is 6.92 Å². The molecule has 0 aromatic heterocycles. The highest BCUT2D eigenvalue weighted by atomic mass is 16.2. The van der Waals surface area contributed by atoms with E-state index in [1.54, 1.807) is 4.90 Å². The molecule has 0 aliphatic carbocycles. The SMILES string of the molecule is CCC(CN)C(=O)N1CCCCC1C(N)=O. The molecule has 1 aliphatic heterocycles. The minimum absolute atomic E-state index is 0.0199. The first-order chi connectivity index (χ1) is 7.61. The number of carbonyl (C=O) groups excluding carboxylic acids is 2. The van der Waals surface area contributed by atoms with Gasteiger partial charge in [-0.05, 0) is 25.7 Å². The molecule has 0 radical (unpaired) electrons. The Morgan fingerprint density at radius 1 is 1.44 bits per heavy atom. The quantitative estimate of drug-likeness (QED) is 0.699. The summed E-state index contributed by atoms with van der Waals surface area (Å²) < 4.78 is 0. The number of likely N-dealkylation sites (tertiary alicyclic amines) is 1. The lowest BCUT2D eigenvalue weighted by Gasteiger charge is -2.35. The maximum atomic E-state index is 12.1. The molecule has 0 aromatic carbocycles. The molecule has 1 fully saturated rings. The summed E-state index contributed by atoms with van der Waals surface area (Å²) in [6.07, 6.45) is 3.28. The smallest absolute Gasteiger partial charge is 0.240 e. The average Bonchev–Trinajstić information content (AvgIpc) is 2.30. The van der Waals surface area contributed by atoms with Crippen LogP contribution in [0.5, 0.6) is 0 Å². The van der Waals surface area contributed by atoms with E-state index in [9.17, 15) is 9.59 Å². The predicted molar refractivity (Wildman–Crippen MR) is 61.4 cm³/mol. The van der Waals surface area contributed by atoms with Crippen molar-refractivity contribution < 1.29 is 9.59 Å². The van der Waals surface area contributed by atoms with Gasteiger partial charge in [-0.25, -0.2) is 0 Å². The largest absolute Gasteiger partial charge is 0.368 e. The molecule has 0 aromatic rings. The van der Waals surface area contributed by atoms with E-state index >= 15 is 0 Å². The second kappa shape index (κ2) is 5.84. The van der Waals surface area contributed by atoms with Crippen molar-refractivity contribution in [3.63, 3.8) is 0 Å². The van der Waals surface area contributed by atoms with E-state index < -0.39 is 11.9 Å². The molecule has 5 heteroatoms. The van der Waals surface area contributed by atoms with Crippen molar-refractivity contribution in [2.45, 2.75) is 38.6 Å². The normalized spacial score (nSPS) is 22.9. The van der Waals surface area contributed by atoms with Crippen molar-refractivity contribution >= 4 is 11.8 Å². The lowest BCUT2D eigenvalue weighted by molar-refractivity contribution is -0.144. The van der Waals surface area contributed by atoms with E-state index in [1.807, 2.05) is 6.92 Å². The van der Waals surface area contributed by atoms with Gasteiger partial charge in [0.25, 0.3) is 0 Å². The van der Waals surface area contributed by atoms with Gasteiger partial charge in [0.1, 0.15) is 6.04 Å². The van der Waals surface area contributed by atoms with Crippen LogP contribution >= 0.6 is 0 Å². The van der Waals surface area contributed by atoms with Gasteiger partial charge in [0.2, 0.25) is 11.8 Å². The van der Waals surface area contributed by atoms with Crippen LogP contribution in [0.4, 0.5) is 0 Å². The van der Waals surface area contributed by atoms with Gasteiger partial charge >= 0.3 is 0 Å². The van der Waals surface area contributed by atoms with Gasteiger partial charge in [0, 0.05) is 13.1 Å². The summed E-state index contributed by atoms with van der Waals surface area (Å²) in [5.74, 6) is -0.603. The van der Waals surface area contributed by atoms with Crippen molar-refractivity contribution in [2.24, 2.45) is 17.4 Å². The first-order valence-corrected chi connectivity index (χ1v) is 5.91. The number of nitrogens with two attached hydrogens (primary N) is 2. The average molecular weight is 227 g/mol. The molecule has 1 aliphatic rings. The third kappa shape index (κ3) is 2.72. The van der Waals surface area contributed by atoms with Crippen LogP contribution in [0.15, 0.2) is 0 Å². The lowest BCUT2D eigenvalue weighted by atomic mass is 9.97. The molecule has 92 valence electrons. The second-order valence-corrected chi connectivity index (χ2v) is 4.29. The molecule has 1 rings (SSSR count). The van der Waals surface area contributed by atoms with Gasteiger partial charge < -0.3 is 16.4 Å². The second-order valence-electron chi connectivity index (χ2n) is 4.29. The van der Waals surface area contributed by atoms with Crippen LogP contribution in [-0.4, -0.2) is 35.8 Å². The number of amides is 2. The van der Waals surface area contributed by atoms with Crippen LogP contribution < -0.4 is 11.5 Å². The Bertz CT molecular complexity index is 264. The molecule has 0 saturated carbocycles. The van der Waals surface area contributed by atoms with Crippen molar-refractivity contribution in [1.29, 1.82) is 0 Å². The van der Waals surface area contributed by atoms with E-state index in [0.717, 1.165) is 12.8 Å². The number of primary amides is 1. The number of hydrogen-bond acceptors (Lipinski definition) is 3. The van der Waals surface area contributed by atoms with Crippen LogP contribution in [0.25, 0.3) is 0 Å². The van der Waals surface area contributed by atoms with E-state index in [4.69, 9.17) is 11.5 Å². The molecular weight excluding hydrogens is 206 g/mol. The molecule has 4 N–H and O–H groups in total. The zero-order valence-corrected chi connectivity index (χ0v) is 9.82. The van der Waals surface area contributed by atoms with E-state index in [2.05, 4.69) is 0 Å². The third-order valence-electron chi connectivity index (χ3n) is 3.24. The standard InChI is InChI=1S/C11H21N3O2/c1-2-8(7-12)11(16)14-6-4-3-5-9(14)10(13)15/h8-9H,2-7,12H2,1H3,(H2,13,15). The van der Waals surface area contributed by atoms with Gasteiger partial charge in [-0.15, -0.1) is 0 Å². The summed E-state index contributed by atoms with van der Waals surface area (Å²) in [4.78, 5) is 25.0. The van der Waals surface area contributed by atoms with Crippen LogP contribution in [0.3, 0.4) is 0 Å². The fourth-order valence-electron chi connectivity index (χ4n) is 2.17. The molecular formula is C11H21N3O2. The van der Waals surface area contributed by atoms with Crippen LogP contribution in [0.1, 0.15) is 32.6 Å². The lowest BCUT2D eigenvalue weighted by Crippen LogP contribution is -2.53. The summed E-state index contributed by atoms with van der Waals surface area (Å²) >= 11 is 0. The summed E-state index contributed by atoms with van der Waals surface area (Å²) in [6, 6.07) is -0.429. The molecule has 2 atom stereocenters. The first-order valence-electron chi connectivity index (χ1n) is 5.91. The molecule has 0 spiro atoms. The molecule has 5 nitrogen and oxygen atoms in total. The summed E-state index contributed by atoms with van der Waals surface area (Å²) in [5.41, 5.74) is 10.9. The Kier molecular flexibility index (Phi) is 4.73. The van der Waals surface area contributed by atoms with Crippen LogP contribution in [-0.2, 0) is 9.59 Å². The third-order valence-corrected chi connectivity index (χ3v) is 3.24. The molecule has 0 bridgehead atoms. The molecule has 1 heterocycles. The van der Waals surface area contributed by atoms with Gasteiger partial charge in [-0.2, -0.15) is 0 Å². The van der Waals surface area contributed by atoms with Gasteiger partial charge in [0.15, 0.2) is 0 Å². The monoisotopic (exact) mass is 227 g/mol. The summed E-state index contributed by atoms with van der Waals surface area (Å²) in [5, 5.41) is 0. The highest BCUT2D eigenvalue weighted by Gasteiger charge is 2.33. The maximum absolute atomic E-state index is 12.1. The van der Waals surface area contributed by atoms with Gasteiger partial charge in [0.05, 0.1) is 5.92 Å². The van der Waals surface area contributed by atoms with Crippen molar-refractivity contribution in [3.8, 4) is 0 Å². The minimum Gasteiger partial charge on any atom is -0.368 e. The van der Waals surface area contributed by atoms with Crippen LogP contribution in [0.2, 0.25) is 0 Å². The number of rotatable bonds is 4. The highest BCUT2D eigenvalue weighted by Crippen LogP contribution is 2.19. The number of carbonyl (C=O) groups is 2. The zero-order chi connectivity index (χ0) is 12.1. The summed E-state index contributed by atoms with van der Waals surface area (Å²) in [6.45, 7) is 2.89. The highest BCUT2D eigenvalue weighted by molar-refractivity contribution is 5.87. The Hall–Kier alpha value is -1.10. The van der Waals surface area contributed by atoms with Crippen molar-refractivity contribution in [1.82, 2.24) is 4.90 Å². The first kappa shape index (κ1) is 13.0. The zero-order valence-electron chi connectivity index (χ0n) is 9.82. The van der Waals surface area contributed by atoms with Crippen molar-refractivity contribution in [2.75, 3.05) is 13.1 Å². The van der Waals surface area contributed by atoms with E-state index in [-0.39, 0.29) is 11.8 Å². The molecule has 1 saturated heterocycles. The Labute approximate surface area is 96.1 Å². The fraction of sp³-hybridized carbons (Fsp3) is 0.818. The Balaban J connectivity index is 2.74. The fourth-order valence-corrected chi connectivity index (χ4v) is 2.17. The van der Waals surface area contributed by atoms with E-state index in [0.29, 0.717) is 25.9 Å². The Morgan fingerprint density at radius 3 is 2.62 bits per heavy atom. The number of piperidine rings is 1. The van der Waals surface area contributed by atoms with Crippen LogP contribution in [0, 0.1) is 5.92 Å². The van der Waals surface area contributed by atoms with Crippen molar-refractivity contribution in [3.05, 3.63) is 0 Å². The number of nitrogens with zero attached hydrogens (tertiary/aromatic N) is 1. The van der Waals surface area contributed by atoms with E-state index in [1.165, 1.54) is 0 Å². The maximum Gasteiger partial charge on any atom is 0.240 e. The Morgan fingerprint density at radius 2 is 2.12 bits per heavy atom. The topological polar surface area (TPSA) is 89.4 Å². The molecule has 2 amide bonds. The minimum atomic E-state index is -0.429. The van der Waals surface area contributed by atoms with Gasteiger partial charge in [-0.3, -0.25) is 9.59 Å². The molecule has 16 heavy (non-hydrogen) atoms. The summed E-state index contributed by atoms with van der Waals surface area (Å²) in [7, 11) is 0. The molecule has 2 unspecified atom stereocenters. The predicted octanol–water partition coefficient (Wildman–Crippen LogP) is -0.162. The number of hydrogen-bond donors (Lipinski definition) is 2.